The van der Waals surface area contributed by atoms with Crippen molar-refractivity contribution in [1.29, 1.82) is 0 Å². The third-order valence-electron chi connectivity index (χ3n) is 2.98. The molecule has 0 spiro atoms. The van der Waals surface area contributed by atoms with E-state index < -0.39 is 34.2 Å². The summed E-state index contributed by atoms with van der Waals surface area (Å²) < 4.78 is 31.0. The molecule has 2 atom stereocenters. The molecule has 1 aliphatic heterocycles. The molecule has 1 aromatic heterocycles. The van der Waals surface area contributed by atoms with Crippen LogP contribution in [0.15, 0.2) is 5.38 Å². The van der Waals surface area contributed by atoms with Gasteiger partial charge in [0.15, 0.2) is 5.13 Å². The van der Waals surface area contributed by atoms with Crippen molar-refractivity contribution in [2.45, 2.75) is 25.4 Å². The molecule has 2 heterocycles. The van der Waals surface area contributed by atoms with Crippen molar-refractivity contribution in [3.63, 3.8) is 0 Å². The molecule has 0 aliphatic carbocycles. The first-order valence-corrected chi connectivity index (χ1v) is 8.26. The zero-order valence-corrected chi connectivity index (χ0v) is 12.8. The lowest BCUT2D eigenvalue weighted by molar-refractivity contribution is -0.144. The normalized spacial score (nSPS) is 21.2. The van der Waals surface area contributed by atoms with E-state index in [1.165, 1.54) is 6.92 Å². The van der Waals surface area contributed by atoms with Gasteiger partial charge in [0, 0.05) is 5.38 Å². The number of carbonyl (C=O) groups is 3. The molecule has 2 unspecified atom stereocenters. The van der Waals surface area contributed by atoms with E-state index in [-0.39, 0.29) is 6.42 Å². The van der Waals surface area contributed by atoms with Crippen LogP contribution in [0.3, 0.4) is 0 Å². The van der Waals surface area contributed by atoms with Crippen molar-refractivity contribution in [2.75, 3.05) is 5.32 Å². The van der Waals surface area contributed by atoms with Crippen molar-refractivity contribution in [3.8, 4) is 0 Å². The molecule has 3 amide bonds. The maximum absolute atomic E-state index is 11.8. The van der Waals surface area contributed by atoms with Gasteiger partial charge in [-0.05, 0) is 6.92 Å². The molecular formula is C10H12N4O6S2. The summed E-state index contributed by atoms with van der Waals surface area (Å²) in [6.07, 6.45) is 0.334. The largest absolute Gasteiger partial charge is 0.362 e. The van der Waals surface area contributed by atoms with Crippen molar-refractivity contribution >= 4 is 45.0 Å². The van der Waals surface area contributed by atoms with E-state index in [1.54, 1.807) is 5.38 Å². The Morgan fingerprint density at radius 3 is 2.82 bits per heavy atom. The van der Waals surface area contributed by atoms with Gasteiger partial charge in [-0.15, -0.1) is 11.3 Å². The molecule has 1 saturated heterocycles. The van der Waals surface area contributed by atoms with Crippen LogP contribution in [0.1, 0.15) is 12.6 Å². The molecule has 10 nitrogen and oxygen atoms in total. The topological polar surface area (TPSA) is 146 Å². The quantitative estimate of drug-likeness (QED) is 0.331. The number of thiazole rings is 1. The first kappa shape index (κ1) is 16.3. The number of nitrogens with zero attached hydrogens (tertiary/aromatic N) is 2. The second kappa shape index (κ2) is 5.98. The molecule has 3 N–H and O–H groups in total. The summed E-state index contributed by atoms with van der Waals surface area (Å²) in [5.74, 6) is -1.42. The van der Waals surface area contributed by atoms with E-state index in [1.807, 2.05) is 0 Å². The van der Waals surface area contributed by atoms with Crippen LogP contribution in [0.25, 0.3) is 0 Å². The second-order valence-electron chi connectivity index (χ2n) is 4.48. The number of aromatic nitrogens is 1. The molecule has 12 heteroatoms. The minimum Gasteiger partial charge on any atom is -0.342 e. The highest BCUT2D eigenvalue weighted by Gasteiger charge is 2.51. The average Bonchev–Trinajstić information content (AvgIpc) is 2.82. The molecule has 2 rings (SSSR count). The van der Waals surface area contributed by atoms with Crippen LogP contribution >= 0.6 is 11.3 Å². The molecule has 0 saturated carbocycles. The Kier molecular flexibility index (Phi) is 4.44. The zero-order valence-electron chi connectivity index (χ0n) is 11.2. The highest BCUT2D eigenvalue weighted by Crippen LogP contribution is 2.23. The van der Waals surface area contributed by atoms with Crippen molar-refractivity contribution in [3.05, 3.63) is 11.1 Å². The van der Waals surface area contributed by atoms with E-state index in [2.05, 4.69) is 15.6 Å². The van der Waals surface area contributed by atoms with Gasteiger partial charge >= 0.3 is 10.3 Å². The molecule has 1 fully saturated rings. The predicted octanol–water partition coefficient (Wildman–Crippen LogP) is -1.23. The summed E-state index contributed by atoms with van der Waals surface area (Å²) in [7, 11) is -4.61. The summed E-state index contributed by atoms with van der Waals surface area (Å²) in [5, 5.41) is 6.63. The number of β-lactam (4-membered cyclic amide) rings is 1. The summed E-state index contributed by atoms with van der Waals surface area (Å²) in [5.41, 5.74) is 0.401. The minimum absolute atomic E-state index is 0.126. The van der Waals surface area contributed by atoms with E-state index in [0.717, 1.165) is 11.3 Å². The molecule has 120 valence electrons. The van der Waals surface area contributed by atoms with Gasteiger partial charge < -0.3 is 10.6 Å². The van der Waals surface area contributed by atoms with Gasteiger partial charge in [0.2, 0.25) is 12.3 Å². The standard InChI is InChI=1S/C10H12N4O6S2/c1-5-8(9(17)14(5)22(18,19)20)13-7(16)2-6-3-21-10(12-6)11-4-15/h3-5,8H,2H2,1H3,(H,13,16)(H,11,12,15)(H,18,19,20). The van der Waals surface area contributed by atoms with Crippen LogP contribution in [-0.4, -0.2) is 52.6 Å². The van der Waals surface area contributed by atoms with Crippen LogP contribution in [-0.2, 0) is 31.1 Å². The Bertz CT molecular complexity index is 715. The second-order valence-corrected chi connectivity index (χ2v) is 6.63. The Hall–Kier alpha value is -2.05. The summed E-state index contributed by atoms with van der Waals surface area (Å²) in [4.78, 5) is 37.6. The van der Waals surface area contributed by atoms with Crippen LogP contribution in [0, 0.1) is 0 Å². The monoisotopic (exact) mass is 348 g/mol. The minimum atomic E-state index is -4.61. The molecule has 1 aromatic rings. The SMILES string of the molecule is CC1C(NC(=O)Cc2csc(NC=O)n2)C(=O)N1S(=O)(=O)O. The molecule has 1 aliphatic rings. The van der Waals surface area contributed by atoms with E-state index >= 15 is 0 Å². The predicted molar refractivity (Wildman–Crippen MR) is 75.3 cm³/mol. The van der Waals surface area contributed by atoms with Crippen LogP contribution in [0.5, 0.6) is 0 Å². The summed E-state index contributed by atoms with van der Waals surface area (Å²) in [6.45, 7) is 1.38. The highest BCUT2D eigenvalue weighted by atomic mass is 32.2. The fourth-order valence-electron chi connectivity index (χ4n) is 2.00. The zero-order chi connectivity index (χ0) is 16.5. The van der Waals surface area contributed by atoms with E-state index in [0.29, 0.717) is 21.5 Å². The first-order valence-electron chi connectivity index (χ1n) is 5.98. The van der Waals surface area contributed by atoms with Gasteiger partial charge in [-0.1, -0.05) is 0 Å². The molecule has 0 bridgehead atoms. The van der Waals surface area contributed by atoms with E-state index in [4.69, 9.17) is 4.55 Å². The first-order chi connectivity index (χ1) is 10.2. The number of hydrogen-bond acceptors (Lipinski definition) is 7. The Labute approximate surface area is 129 Å². The fraction of sp³-hybridized carbons (Fsp3) is 0.400. The lowest BCUT2D eigenvalue weighted by Crippen LogP contribution is -2.70. The fourth-order valence-corrected chi connectivity index (χ4v) is 3.55. The Morgan fingerprint density at radius 1 is 1.59 bits per heavy atom. The molecule has 0 radical (unpaired) electrons. The number of rotatable bonds is 6. The van der Waals surface area contributed by atoms with Crippen molar-refractivity contribution in [2.24, 2.45) is 0 Å². The molecular weight excluding hydrogens is 336 g/mol. The number of hydrogen-bond donors (Lipinski definition) is 3. The van der Waals surface area contributed by atoms with Crippen LogP contribution < -0.4 is 10.6 Å². The number of carbonyl (C=O) groups excluding carboxylic acids is 3. The van der Waals surface area contributed by atoms with Gasteiger partial charge in [0.05, 0.1) is 18.2 Å². The van der Waals surface area contributed by atoms with Crippen LogP contribution in [0.4, 0.5) is 5.13 Å². The smallest absolute Gasteiger partial charge is 0.342 e. The maximum Gasteiger partial charge on any atom is 0.362 e. The lowest BCUT2D eigenvalue weighted by atomic mass is 10.0. The average molecular weight is 348 g/mol. The maximum atomic E-state index is 11.8. The number of amides is 3. The lowest BCUT2D eigenvalue weighted by Gasteiger charge is -2.42. The van der Waals surface area contributed by atoms with Gasteiger partial charge in [-0.25, -0.2) is 9.29 Å². The highest BCUT2D eigenvalue weighted by molar-refractivity contribution is 7.84. The number of anilines is 1. The van der Waals surface area contributed by atoms with Crippen molar-refractivity contribution < 1.29 is 27.4 Å². The summed E-state index contributed by atoms with van der Waals surface area (Å²) >= 11 is 1.14. The number of nitrogens with one attached hydrogen (secondary N) is 2. The summed E-state index contributed by atoms with van der Waals surface area (Å²) in [6, 6.07) is -1.88. The molecule has 0 aromatic carbocycles. The van der Waals surface area contributed by atoms with Gasteiger partial charge in [0.1, 0.15) is 6.04 Å². The third kappa shape index (κ3) is 3.23. The van der Waals surface area contributed by atoms with Crippen molar-refractivity contribution in [1.82, 2.24) is 14.6 Å². The van der Waals surface area contributed by atoms with Crippen LogP contribution in [0.2, 0.25) is 0 Å². The Balaban J connectivity index is 1.93. The van der Waals surface area contributed by atoms with Gasteiger partial charge in [-0.2, -0.15) is 8.42 Å². The third-order valence-corrected chi connectivity index (χ3v) is 4.81. The Morgan fingerprint density at radius 2 is 2.27 bits per heavy atom. The van der Waals surface area contributed by atoms with Gasteiger partial charge in [-0.3, -0.25) is 18.9 Å². The molecule has 22 heavy (non-hydrogen) atoms. The van der Waals surface area contributed by atoms with Gasteiger partial charge in [0.25, 0.3) is 5.91 Å². The van der Waals surface area contributed by atoms with E-state index in [9.17, 15) is 22.8 Å².